The monoisotopic (exact) mass is 325 g/mol. The third kappa shape index (κ3) is 8.35. The summed E-state index contributed by atoms with van der Waals surface area (Å²) < 4.78 is 6.16. The van der Waals surface area contributed by atoms with Gasteiger partial charge in [0.2, 0.25) is 0 Å². The van der Waals surface area contributed by atoms with E-state index in [1.54, 1.807) is 0 Å². The van der Waals surface area contributed by atoms with Crippen LogP contribution < -0.4 is 5.32 Å². The van der Waals surface area contributed by atoms with Gasteiger partial charge in [0.05, 0.1) is 5.60 Å². The van der Waals surface area contributed by atoms with Crippen molar-refractivity contribution in [2.75, 3.05) is 20.2 Å². The van der Waals surface area contributed by atoms with Gasteiger partial charge in [0.1, 0.15) is 0 Å². The summed E-state index contributed by atoms with van der Waals surface area (Å²) in [5.74, 6) is 0. The first-order valence-corrected chi connectivity index (χ1v) is 9.21. The lowest BCUT2D eigenvalue weighted by Crippen LogP contribution is -2.36. The van der Waals surface area contributed by atoms with Crippen molar-refractivity contribution in [1.29, 1.82) is 0 Å². The molecular weight excluding hydrogens is 282 g/mol. The Hall–Kier alpha value is -0.340. The molecule has 1 N–H and O–H groups in total. The Balaban J connectivity index is 4.59. The van der Waals surface area contributed by atoms with Crippen molar-refractivity contribution in [3.8, 4) is 0 Å². The molecule has 23 heavy (non-hydrogen) atoms. The molecule has 0 saturated carbocycles. The Morgan fingerprint density at radius 3 is 1.96 bits per heavy atom. The van der Waals surface area contributed by atoms with Crippen LogP contribution in [0.4, 0.5) is 0 Å². The molecule has 2 heteroatoms. The van der Waals surface area contributed by atoms with Crippen LogP contribution in [0, 0.1) is 16.2 Å². The van der Waals surface area contributed by atoms with Crippen molar-refractivity contribution in [3.05, 3.63) is 12.2 Å². The zero-order chi connectivity index (χ0) is 18.4. The molecule has 0 atom stereocenters. The number of hydrogen-bond donors (Lipinski definition) is 1. The highest BCUT2D eigenvalue weighted by Crippen LogP contribution is 2.48. The predicted octanol–water partition coefficient (Wildman–Crippen LogP) is 5.83. The molecule has 0 aliphatic carbocycles. The van der Waals surface area contributed by atoms with E-state index in [0.29, 0.717) is 0 Å². The maximum Gasteiger partial charge on any atom is 0.0638 e. The second kappa shape index (κ2) is 8.67. The fraction of sp³-hybridized carbons (Fsp3) is 0.905. The second-order valence-electron chi connectivity index (χ2n) is 9.66. The van der Waals surface area contributed by atoms with Crippen molar-refractivity contribution < 1.29 is 4.74 Å². The normalized spacial score (nSPS) is 14.7. The molecule has 0 aliphatic heterocycles. The molecule has 0 aromatic carbocycles. The fourth-order valence-corrected chi connectivity index (χ4v) is 3.26. The van der Waals surface area contributed by atoms with Gasteiger partial charge >= 0.3 is 0 Å². The minimum atomic E-state index is -0.0428. The third-order valence-electron chi connectivity index (χ3n) is 5.50. The Bertz CT molecular complexity index is 364. The molecule has 138 valence electrons. The van der Waals surface area contributed by atoms with E-state index in [0.717, 1.165) is 26.0 Å². The Morgan fingerprint density at radius 1 is 0.913 bits per heavy atom. The quantitative estimate of drug-likeness (QED) is 0.483. The average molecular weight is 326 g/mol. The lowest BCUT2D eigenvalue weighted by atomic mass is 9.60. The fourth-order valence-electron chi connectivity index (χ4n) is 3.26. The first-order chi connectivity index (χ1) is 10.3. The van der Waals surface area contributed by atoms with Gasteiger partial charge in [-0.1, -0.05) is 53.7 Å². The van der Waals surface area contributed by atoms with Gasteiger partial charge in [-0.05, 0) is 69.9 Å². The third-order valence-corrected chi connectivity index (χ3v) is 5.50. The smallest absolute Gasteiger partial charge is 0.0638 e. The number of hydrogen-bond acceptors (Lipinski definition) is 2. The SMILES string of the molecule is C/C=C/C(C)(C)C(C)(C)CC(C)(C)CCOC(C)(C)CCNC. The molecule has 0 amide bonds. The van der Waals surface area contributed by atoms with Gasteiger partial charge < -0.3 is 10.1 Å². The largest absolute Gasteiger partial charge is 0.376 e. The van der Waals surface area contributed by atoms with E-state index in [1.165, 1.54) is 6.42 Å². The summed E-state index contributed by atoms with van der Waals surface area (Å²) in [6.45, 7) is 22.6. The maximum atomic E-state index is 6.16. The zero-order valence-corrected chi connectivity index (χ0v) is 17.6. The molecule has 2 nitrogen and oxygen atoms in total. The number of nitrogens with one attached hydrogen (secondary N) is 1. The molecule has 0 radical (unpaired) electrons. The summed E-state index contributed by atoms with van der Waals surface area (Å²) >= 11 is 0. The summed E-state index contributed by atoms with van der Waals surface area (Å²) in [6.07, 6.45) is 7.87. The highest BCUT2D eigenvalue weighted by molar-refractivity contribution is 5.02. The number of rotatable bonds is 11. The van der Waals surface area contributed by atoms with Crippen LogP contribution in [-0.4, -0.2) is 25.8 Å². The standard InChI is InChI=1S/C21H43NO/c1-11-12-19(4,5)20(6,7)17-18(2,3)14-16-23-21(8,9)13-15-22-10/h11-12,22H,13-17H2,1-10H3/b12-11+. The van der Waals surface area contributed by atoms with Gasteiger partial charge in [-0.3, -0.25) is 0 Å². The van der Waals surface area contributed by atoms with Gasteiger partial charge in [0.25, 0.3) is 0 Å². The first-order valence-electron chi connectivity index (χ1n) is 9.21. The van der Waals surface area contributed by atoms with E-state index in [2.05, 4.69) is 79.8 Å². The number of allylic oxidation sites excluding steroid dienone is 2. The molecule has 0 aromatic heterocycles. The summed E-state index contributed by atoms with van der Waals surface area (Å²) in [7, 11) is 1.99. The van der Waals surface area contributed by atoms with Crippen LogP contribution in [0.15, 0.2) is 12.2 Å². The molecule has 0 bridgehead atoms. The van der Waals surface area contributed by atoms with Crippen LogP contribution >= 0.6 is 0 Å². The van der Waals surface area contributed by atoms with Crippen LogP contribution in [0.2, 0.25) is 0 Å². The summed E-state index contributed by atoms with van der Waals surface area (Å²) in [5, 5.41) is 3.20. The molecule has 0 saturated heterocycles. The van der Waals surface area contributed by atoms with Gasteiger partial charge in [-0.2, -0.15) is 0 Å². The van der Waals surface area contributed by atoms with E-state index in [-0.39, 0.29) is 21.8 Å². The lowest BCUT2D eigenvalue weighted by Gasteiger charge is -2.45. The maximum absolute atomic E-state index is 6.16. The Morgan fingerprint density at radius 2 is 1.48 bits per heavy atom. The Labute approximate surface area is 146 Å². The van der Waals surface area contributed by atoms with Gasteiger partial charge in [0, 0.05) is 6.61 Å². The van der Waals surface area contributed by atoms with Crippen LogP contribution in [0.25, 0.3) is 0 Å². The van der Waals surface area contributed by atoms with Crippen molar-refractivity contribution in [2.45, 2.75) is 87.2 Å². The topological polar surface area (TPSA) is 21.3 Å². The van der Waals surface area contributed by atoms with E-state index in [1.807, 2.05) is 7.05 Å². The molecule has 0 aromatic rings. The first kappa shape index (κ1) is 22.7. The lowest BCUT2D eigenvalue weighted by molar-refractivity contribution is -0.0395. The molecule has 0 fully saturated rings. The average Bonchev–Trinajstić information content (AvgIpc) is 2.34. The van der Waals surface area contributed by atoms with Crippen LogP contribution in [0.3, 0.4) is 0 Å². The minimum Gasteiger partial charge on any atom is -0.376 e. The van der Waals surface area contributed by atoms with Gasteiger partial charge in [0.15, 0.2) is 0 Å². The molecule has 0 aliphatic rings. The predicted molar refractivity (Wildman–Crippen MR) is 104 cm³/mol. The molecule has 0 unspecified atom stereocenters. The summed E-state index contributed by atoms with van der Waals surface area (Å²) in [4.78, 5) is 0. The Kier molecular flexibility index (Phi) is 8.54. The summed E-state index contributed by atoms with van der Waals surface area (Å²) in [5.41, 5.74) is 0.691. The van der Waals surface area contributed by atoms with Crippen molar-refractivity contribution in [2.24, 2.45) is 16.2 Å². The molecule has 0 rings (SSSR count). The van der Waals surface area contributed by atoms with E-state index < -0.39 is 0 Å². The highest BCUT2D eigenvalue weighted by atomic mass is 16.5. The summed E-state index contributed by atoms with van der Waals surface area (Å²) in [6, 6.07) is 0. The van der Waals surface area contributed by atoms with Crippen molar-refractivity contribution in [1.82, 2.24) is 5.32 Å². The second-order valence-corrected chi connectivity index (χ2v) is 9.66. The van der Waals surface area contributed by atoms with E-state index in [4.69, 9.17) is 4.74 Å². The minimum absolute atomic E-state index is 0.0428. The van der Waals surface area contributed by atoms with Gasteiger partial charge in [-0.25, -0.2) is 0 Å². The zero-order valence-electron chi connectivity index (χ0n) is 17.6. The van der Waals surface area contributed by atoms with Gasteiger partial charge in [-0.15, -0.1) is 0 Å². The van der Waals surface area contributed by atoms with Crippen LogP contribution in [0.5, 0.6) is 0 Å². The number of ether oxygens (including phenoxy) is 1. The van der Waals surface area contributed by atoms with Crippen LogP contribution in [0.1, 0.15) is 81.6 Å². The van der Waals surface area contributed by atoms with E-state index >= 15 is 0 Å². The highest BCUT2D eigenvalue weighted by Gasteiger charge is 2.39. The van der Waals surface area contributed by atoms with Crippen LogP contribution in [-0.2, 0) is 4.74 Å². The van der Waals surface area contributed by atoms with Crippen molar-refractivity contribution >= 4 is 0 Å². The van der Waals surface area contributed by atoms with E-state index in [9.17, 15) is 0 Å². The molecular formula is C21H43NO. The molecule has 0 spiro atoms. The molecule has 0 heterocycles. The van der Waals surface area contributed by atoms with Crippen molar-refractivity contribution in [3.63, 3.8) is 0 Å².